The van der Waals surface area contributed by atoms with E-state index in [9.17, 15) is 9.59 Å². The van der Waals surface area contributed by atoms with E-state index in [1.54, 1.807) is 0 Å². The van der Waals surface area contributed by atoms with Crippen LogP contribution in [0.2, 0.25) is 5.02 Å². The molecule has 0 atom stereocenters. The molecule has 0 spiro atoms. The fourth-order valence-electron chi connectivity index (χ4n) is 3.82. The van der Waals surface area contributed by atoms with Crippen molar-refractivity contribution >= 4 is 29.2 Å². The van der Waals surface area contributed by atoms with Gasteiger partial charge in [-0.25, -0.2) is 4.79 Å². The van der Waals surface area contributed by atoms with Crippen LogP contribution < -0.4 is 20.4 Å². The Morgan fingerprint density at radius 1 is 1.12 bits per heavy atom. The zero-order valence-electron chi connectivity index (χ0n) is 15.1. The molecule has 7 heteroatoms. The summed E-state index contributed by atoms with van der Waals surface area (Å²) < 4.78 is 0. The molecular formula is C19H28ClN4O2+. The Labute approximate surface area is 159 Å². The minimum absolute atomic E-state index is 0.209. The summed E-state index contributed by atoms with van der Waals surface area (Å²) in [4.78, 5) is 27.5. The number of piperazine rings is 1. The topological polar surface area (TPSA) is 65.9 Å². The second kappa shape index (κ2) is 9.24. The Balaban J connectivity index is 1.39. The number of hydrogen-bond acceptors (Lipinski definition) is 3. The number of benzene rings is 1. The summed E-state index contributed by atoms with van der Waals surface area (Å²) in [5, 5.41) is 6.16. The summed E-state index contributed by atoms with van der Waals surface area (Å²) in [6.07, 6.45) is 5.56. The molecule has 2 fully saturated rings. The van der Waals surface area contributed by atoms with Crippen molar-refractivity contribution in [1.29, 1.82) is 0 Å². The van der Waals surface area contributed by atoms with Gasteiger partial charge in [-0.3, -0.25) is 10.1 Å². The molecule has 0 aromatic heterocycles. The molecule has 1 aromatic carbocycles. The Kier molecular flexibility index (Phi) is 6.74. The van der Waals surface area contributed by atoms with Crippen molar-refractivity contribution in [3.63, 3.8) is 0 Å². The predicted octanol–water partition coefficient (Wildman–Crippen LogP) is 1.20. The van der Waals surface area contributed by atoms with E-state index < -0.39 is 0 Å². The van der Waals surface area contributed by atoms with Crippen molar-refractivity contribution in [2.24, 2.45) is 0 Å². The molecule has 1 aliphatic carbocycles. The van der Waals surface area contributed by atoms with Crippen LogP contribution in [0.25, 0.3) is 0 Å². The molecule has 1 aromatic rings. The lowest BCUT2D eigenvalue weighted by atomic mass is 9.96. The van der Waals surface area contributed by atoms with Gasteiger partial charge in [0.2, 0.25) is 0 Å². The number of nitrogens with zero attached hydrogens (tertiary/aromatic N) is 1. The van der Waals surface area contributed by atoms with Gasteiger partial charge in [0.1, 0.15) is 0 Å². The summed E-state index contributed by atoms with van der Waals surface area (Å²) in [7, 11) is 0. The number of halogens is 1. The van der Waals surface area contributed by atoms with Crippen LogP contribution in [0.5, 0.6) is 0 Å². The number of rotatable bonds is 4. The molecule has 142 valence electrons. The largest absolute Gasteiger partial charge is 0.359 e. The van der Waals surface area contributed by atoms with E-state index in [1.807, 2.05) is 24.3 Å². The van der Waals surface area contributed by atoms with Crippen LogP contribution in [0.3, 0.4) is 0 Å². The molecular weight excluding hydrogens is 352 g/mol. The maximum atomic E-state index is 12.1. The van der Waals surface area contributed by atoms with Crippen molar-refractivity contribution in [1.82, 2.24) is 10.6 Å². The van der Waals surface area contributed by atoms with Gasteiger partial charge in [-0.05, 0) is 25.0 Å². The fraction of sp³-hybridized carbons (Fsp3) is 0.579. The zero-order valence-corrected chi connectivity index (χ0v) is 15.9. The first-order valence-electron chi connectivity index (χ1n) is 9.55. The first-order chi connectivity index (χ1) is 12.6. The molecule has 1 saturated carbocycles. The minimum Gasteiger partial charge on any atom is -0.359 e. The number of carbonyl (C=O) groups excluding carboxylic acids is 2. The minimum atomic E-state index is -0.351. The van der Waals surface area contributed by atoms with Crippen molar-refractivity contribution in [3.05, 3.63) is 29.3 Å². The lowest BCUT2D eigenvalue weighted by Gasteiger charge is -2.33. The van der Waals surface area contributed by atoms with Gasteiger partial charge in [-0.2, -0.15) is 0 Å². The summed E-state index contributed by atoms with van der Waals surface area (Å²) in [6, 6.07) is 7.69. The van der Waals surface area contributed by atoms with Crippen molar-refractivity contribution in [3.8, 4) is 0 Å². The highest BCUT2D eigenvalue weighted by Crippen LogP contribution is 2.24. The third kappa shape index (κ3) is 5.35. The van der Waals surface area contributed by atoms with E-state index >= 15 is 0 Å². The highest BCUT2D eigenvalue weighted by molar-refractivity contribution is 6.33. The van der Waals surface area contributed by atoms with Gasteiger partial charge < -0.3 is 15.1 Å². The standard InChI is InChI=1S/C19H27ClN4O2/c20-16-8-4-5-9-17(16)24-12-10-23(11-13-24)14-18(25)22-19(26)21-15-6-2-1-3-7-15/h4-5,8-9,15H,1-3,6-7,10-14H2,(H2,21,22,25,26)/p+1. The second-order valence-electron chi connectivity index (χ2n) is 7.22. The lowest BCUT2D eigenvalue weighted by molar-refractivity contribution is -0.892. The van der Waals surface area contributed by atoms with E-state index in [-0.39, 0.29) is 18.0 Å². The lowest BCUT2D eigenvalue weighted by Crippen LogP contribution is -3.16. The van der Waals surface area contributed by atoms with E-state index in [2.05, 4.69) is 15.5 Å². The molecule has 3 amide bonds. The van der Waals surface area contributed by atoms with Crippen LogP contribution in [-0.4, -0.2) is 50.7 Å². The third-order valence-corrected chi connectivity index (χ3v) is 5.59. The number of hydrogen-bond donors (Lipinski definition) is 3. The number of amides is 3. The van der Waals surface area contributed by atoms with Gasteiger partial charge in [0.25, 0.3) is 5.91 Å². The molecule has 1 saturated heterocycles. The van der Waals surface area contributed by atoms with Crippen LogP contribution in [0.4, 0.5) is 10.5 Å². The molecule has 1 aliphatic heterocycles. The SMILES string of the molecule is O=C(C[NH+]1CCN(c2ccccc2Cl)CC1)NC(=O)NC1CCCCC1. The van der Waals surface area contributed by atoms with E-state index in [0.29, 0.717) is 6.54 Å². The molecule has 26 heavy (non-hydrogen) atoms. The number of imide groups is 1. The van der Waals surface area contributed by atoms with Crippen LogP contribution in [-0.2, 0) is 4.79 Å². The van der Waals surface area contributed by atoms with Crippen molar-refractivity contribution in [2.75, 3.05) is 37.6 Å². The normalized spacial score (nSPS) is 19.2. The average molecular weight is 380 g/mol. The van der Waals surface area contributed by atoms with E-state index in [1.165, 1.54) is 11.3 Å². The van der Waals surface area contributed by atoms with Gasteiger partial charge in [-0.15, -0.1) is 0 Å². The highest BCUT2D eigenvalue weighted by atomic mass is 35.5. The highest BCUT2D eigenvalue weighted by Gasteiger charge is 2.24. The Bertz CT molecular complexity index is 626. The van der Waals surface area contributed by atoms with Crippen LogP contribution in [0, 0.1) is 0 Å². The molecule has 6 nitrogen and oxygen atoms in total. The number of anilines is 1. The molecule has 1 heterocycles. The maximum absolute atomic E-state index is 12.1. The summed E-state index contributed by atoms with van der Waals surface area (Å²) in [6.45, 7) is 3.72. The Hall–Kier alpha value is -1.79. The molecule has 0 unspecified atom stereocenters. The number of carbonyl (C=O) groups is 2. The second-order valence-corrected chi connectivity index (χ2v) is 7.63. The maximum Gasteiger partial charge on any atom is 0.321 e. The van der Waals surface area contributed by atoms with Gasteiger partial charge in [0, 0.05) is 6.04 Å². The van der Waals surface area contributed by atoms with Gasteiger partial charge >= 0.3 is 6.03 Å². The first kappa shape index (κ1) is 19.0. The molecule has 0 radical (unpaired) electrons. The molecule has 3 N–H and O–H groups in total. The van der Waals surface area contributed by atoms with Crippen molar-refractivity contribution < 1.29 is 14.5 Å². The number of para-hydroxylation sites is 1. The number of quaternary nitrogens is 1. The van der Waals surface area contributed by atoms with Crippen LogP contribution in [0.1, 0.15) is 32.1 Å². The predicted molar refractivity (Wildman–Crippen MR) is 103 cm³/mol. The summed E-state index contributed by atoms with van der Waals surface area (Å²) in [5.41, 5.74) is 1.05. The summed E-state index contributed by atoms with van der Waals surface area (Å²) in [5.74, 6) is -0.209. The van der Waals surface area contributed by atoms with E-state index in [4.69, 9.17) is 11.6 Å². The third-order valence-electron chi connectivity index (χ3n) is 5.27. The van der Waals surface area contributed by atoms with Crippen molar-refractivity contribution in [2.45, 2.75) is 38.1 Å². The molecule has 2 aliphatic rings. The Morgan fingerprint density at radius 3 is 2.50 bits per heavy atom. The Morgan fingerprint density at radius 2 is 1.81 bits per heavy atom. The summed E-state index contributed by atoms with van der Waals surface area (Å²) >= 11 is 6.26. The number of nitrogens with one attached hydrogen (secondary N) is 3. The van der Waals surface area contributed by atoms with Crippen LogP contribution in [0.15, 0.2) is 24.3 Å². The smallest absolute Gasteiger partial charge is 0.321 e. The van der Waals surface area contributed by atoms with Gasteiger partial charge in [0.15, 0.2) is 6.54 Å². The van der Waals surface area contributed by atoms with Gasteiger partial charge in [-0.1, -0.05) is 43.0 Å². The molecule has 3 rings (SSSR count). The monoisotopic (exact) mass is 379 g/mol. The first-order valence-corrected chi connectivity index (χ1v) is 9.93. The van der Waals surface area contributed by atoms with E-state index in [0.717, 1.165) is 62.6 Å². The number of urea groups is 1. The zero-order chi connectivity index (χ0) is 18.4. The molecule has 0 bridgehead atoms. The average Bonchev–Trinajstić information content (AvgIpc) is 2.63. The van der Waals surface area contributed by atoms with Gasteiger partial charge in [0.05, 0.1) is 36.9 Å². The van der Waals surface area contributed by atoms with Crippen LogP contribution >= 0.6 is 11.6 Å². The fourth-order valence-corrected chi connectivity index (χ4v) is 4.07. The quantitative estimate of drug-likeness (QED) is 0.736.